The van der Waals surface area contributed by atoms with Crippen LogP contribution in [0.5, 0.6) is 0 Å². The van der Waals surface area contributed by atoms with Crippen LogP contribution in [-0.4, -0.2) is 29.9 Å². The number of hydrogen-bond acceptors (Lipinski definition) is 3. The third-order valence-electron chi connectivity index (χ3n) is 3.96. The monoisotopic (exact) mass is 407 g/mol. The quantitative estimate of drug-likeness (QED) is 0.725. The SMILES string of the molecule is O=C(OCC(=O)N1CCc2ccccc2C1)c1cc(Br)ccc1Cl. The first-order valence-corrected chi connectivity index (χ1v) is 8.68. The number of nitrogens with zero attached hydrogens (tertiary/aromatic N) is 1. The Hall–Kier alpha value is -1.85. The van der Waals surface area contributed by atoms with Gasteiger partial charge in [0.1, 0.15) is 0 Å². The summed E-state index contributed by atoms with van der Waals surface area (Å²) in [6.45, 7) is 0.888. The third kappa shape index (κ3) is 3.79. The minimum atomic E-state index is -0.605. The molecule has 1 amide bonds. The maximum absolute atomic E-state index is 12.3. The van der Waals surface area contributed by atoms with Crippen LogP contribution in [0.4, 0.5) is 0 Å². The number of halogens is 2. The largest absolute Gasteiger partial charge is 0.452 e. The molecule has 0 saturated heterocycles. The minimum Gasteiger partial charge on any atom is -0.452 e. The molecule has 0 atom stereocenters. The summed E-state index contributed by atoms with van der Waals surface area (Å²) in [4.78, 5) is 26.1. The Kier molecular flexibility index (Phi) is 5.21. The number of benzene rings is 2. The van der Waals surface area contributed by atoms with Crippen LogP contribution in [0.15, 0.2) is 46.9 Å². The molecule has 6 heteroatoms. The van der Waals surface area contributed by atoms with Gasteiger partial charge >= 0.3 is 5.97 Å². The molecule has 3 rings (SSSR count). The van der Waals surface area contributed by atoms with Crippen molar-refractivity contribution in [2.75, 3.05) is 13.2 Å². The van der Waals surface area contributed by atoms with Crippen molar-refractivity contribution in [3.8, 4) is 0 Å². The van der Waals surface area contributed by atoms with E-state index in [0.717, 1.165) is 16.5 Å². The number of carbonyl (C=O) groups is 2. The maximum atomic E-state index is 12.3. The molecule has 0 aliphatic carbocycles. The zero-order valence-corrected chi connectivity index (χ0v) is 15.1. The number of carbonyl (C=O) groups excluding carboxylic acids is 2. The first kappa shape index (κ1) is 17.0. The Morgan fingerprint density at radius 1 is 1.17 bits per heavy atom. The maximum Gasteiger partial charge on any atom is 0.340 e. The van der Waals surface area contributed by atoms with Gasteiger partial charge < -0.3 is 9.64 Å². The molecule has 24 heavy (non-hydrogen) atoms. The molecule has 0 unspecified atom stereocenters. The smallest absolute Gasteiger partial charge is 0.340 e. The zero-order chi connectivity index (χ0) is 17.1. The molecule has 0 radical (unpaired) electrons. The first-order chi connectivity index (χ1) is 11.5. The number of fused-ring (bicyclic) bond motifs is 1. The van der Waals surface area contributed by atoms with E-state index in [9.17, 15) is 9.59 Å². The molecule has 4 nitrogen and oxygen atoms in total. The van der Waals surface area contributed by atoms with E-state index in [1.807, 2.05) is 18.2 Å². The van der Waals surface area contributed by atoms with Gasteiger partial charge in [-0.15, -0.1) is 0 Å². The summed E-state index contributed by atoms with van der Waals surface area (Å²) >= 11 is 9.28. The van der Waals surface area contributed by atoms with Gasteiger partial charge in [-0.2, -0.15) is 0 Å². The van der Waals surface area contributed by atoms with Crippen molar-refractivity contribution in [2.45, 2.75) is 13.0 Å². The van der Waals surface area contributed by atoms with E-state index in [-0.39, 0.29) is 18.1 Å². The lowest BCUT2D eigenvalue weighted by Crippen LogP contribution is -2.38. The van der Waals surface area contributed by atoms with Crippen LogP contribution in [-0.2, 0) is 22.5 Å². The summed E-state index contributed by atoms with van der Waals surface area (Å²) in [5.74, 6) is -0.809. The Bertz CT molecular complexity index is 794. The molecule has 0 bridgehead atoms. The van der Waals surface area contributed by atoms with Crippen molar-refractivity contribution < 1.29 is 14.3 Å². The average molecular weight is 409 g/mol. The lowest BCUT2D eigenvalue weighted by atomic mass is 10.00. The lowest BCUT2D eigenvalue weighted by Gasteiger charge is -2.28. The van der Waals surface area contributed by atoms with Gasteiger partial charge in [-0.1, -0.05) is 51.8 Å². The van der Waals surface area contributed by atoms with E-state index in [2.05, 4.69) is 22.0 Å². The number of ether oxygens (including phenoxy) is 1. The second-order valence-corrected chi connectivity index (χ2v) is 6.86. The van der Waals surface area contributed by atoms with E-state index < -0.39 is 5.97 Å². The number of esters is 1. The molecule has 0 saturated carbocycles. The summed E-state index contributed by atoms with van der Waals surface area (Å²) < 4.78 is 5.85. The molecule has 0 spiro atoms. The summed E-state index contributed by atoms with van der Waals surface area (Å²) in [6.07, 6.45) is 0.813. The average Bonchev–Trinajstić information content (AvgIpc) is 2.61. The standard InChI is InChI=1S/C18H15BrClNO3/c19-14-5-6-16(20)15(9-14)18(23)24-11-17(22)21-8-7-12-3-1-2-4-13(12)10-21/h1-6,9H,7-8,10-11H2. The summed E-state index contributed by atoms with van der Waals surface area (Å²) in [7, 11) is 0. The highest BCUT2D eigenvalue weighted by molar-refractivity contribution is 9.10. The van der Waals surface area contributed by atoms with E-state index in [1.54, 1.807) is 23.1 Å². The van der Waals surface area contributed by atoms with E-state index in [1.165, 1.54) is 5.56 Å². The van der Waals surface area contributed by atoms with Gasteiger partial charge in [0.05, 0.1) is 10.6 Å². The Morgan fingerprint density at radius 2 is 1.92 bits per heavy atom. The molecule has 0 fully saturated rings. The molecule has 1 heterocycles. The van der Waals surface area contributed by atoms with E-state index in [4.69, 9.17) is 16.3 Å². The van der Waals surface area contributed by atoms with Crippen LogP contribution in [0.2, 0.25) is 5.02 Å². The molecule has 2 aromatic carbocycles. The topological polar surface area (TPSA) is 46.6 Å². The van der Waals surface area contributed by atoms with Crippen LogP contribution in [0.3, 0.4) is 0 Å². The van der Waals surface area contributed by atoms with Crippen LogP contribution in [0.1, 0.15) is 21.5 Å². The van der Waals surface area contributed by atoms with Gasteiger partial charge in [-0.25, -0.2) is 4.79 Å². The van der Waals surface area contributed by atoms with Gasteiger partial charge in [0.2, 0.25) is 0 Å². The first-order valence-electron chi connectivity index (χ1n) is 7.51. The summed E-state index contributed by atoms with van der Waals surface area (Å²) in [5, 5.41) is 0.294. The highest BCUT2D eigenvalue weighted by Crippen LogP contribution is 2.22. The minimum absolute atomic E-state index is 0.205. The van der Waals surface area contributed by atoms with Crippen molar-refractivity contribution in [2.24, 2.45) is 0 Å². The molecular formula is C18H15BrClNO3. The van der Waals surface area contributed by atoms with Crippen molar-refractivity contribution in [1.82, 2.24) is 4.90 Å². The Labute approximate surface area is 153 Å². The molecular weight excluding hydrogens is 394 g/mol. The molecule has 0 aromatic heterocycles. The number of amides is 1. The number of rotatable bonds is 3. The summed E-state index contributed by atoms with van der Waals surface area (Å²) in [6, 6.07) is 13.0. The van der Waals surface area contributed by atoms with Crippen LogP contribution in [0, 0.1) is 0 Å². The summed E-state index contributed by atoms with van der Waals surface area (Å²) in [5.41, 5.74) is 2.64. The van der Waals surface area contributed by atoms with Gasteiger partial charge in [0.25, 0.3) is 5.91 Å². The normalized spacial score (nSPS) is 13.3. The van der Waals surface area contributed by atoms with Gasteiger partial charge in [-0.05, 0) is 35.7 Å². The van der Waals surface area contributed by atoms with Gasteiger partial charge in [-0.3, -0.25) is 4.79 Å². The molecule has 2 aromatic rings. The molecule has 1 aliphatic heterocycles. The lowest BCUT2D eigenvalue weighted by molar-refractivity contribution is -0.135. The predicted molar refractivity (Wildman–Crippen MR) is 95.0 cm³/mol. The Morgan fingerprint density at radius 3 is 2.71 bits per heavy atom. The second-order valence-electron chi connectivity index (χ2n) is 5.53. The zero-order valence-electron chi connectivity index (χ0n) is 12.8. The fourth-order valence-corrected chi connectivity index (χ4v) is 3.21. The molecule has 0 N–H and O–H groups in total. The van der Waals surface area contributed by atoms with E-state index in [0.29, 0.717) is 18.1 Å². The van der Waals surface area contributed by atoms with Gasteiger partial charge in [0.15, 0.2) is 6.61 Å². The van der Waals surface area contributed by atoms with Crippen molar-refractivity contribution in [3.63, 3.8) is 0 Å². The highest BCUT2D eigenvalue weighted by atomic mass is 79.9. The van der Waals surface area contributed by atoms with Gasteiger partial charge in [0, 0.05) is 17.6 Å². The van der Waals surface area contributed by atoms with E-state index >= 15 is 0 Å². The van der Waals surface area contributed by atoms with Crippen LogP contribution < -0.4 is 0 Å². The third-order valence-corrected chi connectivity index (χ3v) is 4.78. The fraction of sp³-hybridized carbons (Fsp3) is 0.222. The van der Waals surface area contributed by atoms with Crippen molar-refractivity contribution >= 4 is 39.4 Å². The number of hydrogen-bond donors (Lipinski definition) is 0. The fourth-order valence-electron chi connectivity index (χ4n) is 2.66. The van der Waals surface area contributed by atoms with Crippen LogP contribution in [0.25, 0.3) is 0 Å². The second kappa shape index (κ2) is 7.36. The predicted octanol–water partition coefficient (Wildman–Crippen LogP) is 3.84. The molecule has 1 aliphatic rings. The Balaban J connectivity index is 1.60. The van der Waals surface area contributed by atoms with Crippen LogP contribution >= 0.6 is 27.5 Å². The van der Waals surface area contributed by atoms with Crippen molar-refractivity contribution in [1.29, 1.82) is 0 Å². The van der Waals surface area contributed by atoms with Crippen molar-refractivity contribution in [3.05, 3.63) is 68.7 Å². The molecule has 124 valence electrons. The highest BCUT2D eigenvalue weighted by Gasteiger charge is 2.22.